The van der Waals surface area contributed by atoms with E-state index >= 15 is 0 Å². The number of rotatable bonds is 2. The first-order valence-corrected chi connectivity index (χ1v) is 7.34. The summed E-state index contributed by atoms with van der Waals surface area (Å²) >= 11 is 0. The average Bonchev–Trinajstić information content (AvgIpc) is 2.29. The first-order chi connectivity index (χ1) is 7.98. The molecule has 1 fully saturated rings. The number of benzene rings is 1. The van der Waals surface area contributed by atoms with Gasteiger partial charge >= 0.3 is 5.97 Å². The van der Waals surface area contributed by atoms with Crippen LogP contribution in [-0.4, -0.2) is 31.0 Å². The third kappa shape index (κ3) is 2.85. The summed E-state index contributed by atoms with van der Waals surface area (Å²) in [6, 6.07) is 6.77. The van der Waals surface area contributed by atoms with Gasteiger partial charge in [-0.3, -0.25) is 0 Å². The van der Waals surface area contributed by atoms with Crippen molar-refractivity contribution in [3.8, 4) is 0 Å². The zero-order valence-electron chi connectivity index (χ0n) is 9.30. The van der Waals surface area contributed by atoms with Gasteiger partial charge in [-0.15, -0.1) is 0 Å². The fraction of sp³-hybridized carbons (Fsp3) is 0.417. The molecule has 1 heterocycles. The Morgan fingerprint density at radius 2 is 1.88 bits per heavy atom. The van der Waals surface area contributed by atoms with E-state index in [0.29, 0.717) is 12.8 Å². The first kappa shape index (κ1) is 12.1. The summed E-state index contributed by atoms with van der Waals surface area (Å²) in [5.41, 5.74) is 1.19. The molecule has 0 amide bonds. The number of hydrogen-bond acceptors (Lipinski definition) is 3. The second-order valence-corrected chi connectivity index (χ2v) is 6.66. The van der Waals surface area contributed by atoms with Crippen molar-refractivity contribution in [2.75, 3.05) is 11.5 Å². The molecular weight excluding hydrogens is 240 g/mol. The topological polar surface area (TPSA) is 71.4 Å². The summed E-state index contributed by atoms with van der Waals surface area (Å²) in [5, 5.41) is 8.89. The van der Waals surface area contributed by atoms with Crippen LogP contribution in [0.3, 0.4) is 0 Å². The quantitative estimate of drug-likeness (QED) is 0.871. The molecule has 0 atom stereocenters. The number of sulfone groups is 1. The number of carbonyl (C=O) groups is 1. The molecule has 4 nitrogen and oxygen atoms in total. The standard InChI is InChI=1S/C12H14O4S/c13-12(14)11-3-1-2-10(8-11)9-4-6-17(15,16)7-5-9/h1-3,8-9H,4-7H2,(H,13,14). The predicted molar refractivity (Wildman–Crippen MR) is 64.0 cm³/mol. The fourth-order valence-corrected chi connectivity index (χ4v) is 3.64. The number of hydrogen-bond donors (Lipinski definition) is 1. The zero-order chi connectivity index (χ0) is 12.5. The van der Waals surface area contributed by atoms with Crippen molar-refractivity contribution in [2.24, 2.45) is 0 Å². The fourth-order valence-electron chi connectivity index (χ4n) is 2.15. The van der Waals surface area contributed by atoms with Gasteiger partial charge in [-0.25, -0.2) is 13.2 Å². The van der Waals surface area contributed by atoms with E-state index in [0.717, 1.165) is 5.56 Å². The Kier molecular flexibility index (Phi) is 3.19. The molecule has 5 heteroatoms. The minimum absolute atomic E-state index is 0.165. The van der Waals surface area contributed by atoms with E-state index in [9.17, 15) is 13.2 Å². The van der Waals surface area contributed by atoms with E-state index in [-0.39, 0.29) is 23.0 Å². The van der Waals surface area contributed by atoms with Crippen LogP contribution < -0.4 is 0 Å². The normalized spacial score (nSPS) is 20.0. The highest BCUT2D eigenvalue weighted by Gasteiger charge is 2.24. The van der Waals surface area contributed by atoms with E-state index in [4.69, 9.17) is 5.11 Å². The molecule has 1 N–H and O–H groups in total. The smallest absolute Gasteiger partial charge is 0.335 e. The molecule has 0 spiro atoms. The molecule has 17 heavy (non-hydrogen) atoms. The lowest BCUT2D eigenvalue weighted by molar-refractivity contribution is 0.0696. The molecule has 0 aromatic heterocycles. The maximum atomic E-state index is 11.3. The van der Waals surface area contributed by atoms with Gasteiger partial charge in [0, 0.05) is 0 Å². The molecule has 1 aliphatic heterocycles. The lowest BCUT2D eigenvalue weighted by Crippen LogP contribution is -2.22. The van der Waals surface area contributed by atoms with Crippen molar-refractivity contribution in [3.63, 3.8) is 0 Å². The highest BCUT2D eigenvalue weighted by molar-refractivity contribution is 7.91. The molecule has 0 unspecified atom stereocenters. The Morgan fingerprint density at radius 3 is 2.47 bits per heavy atom. The number of carboxylic acids is 1. The van der Waals surface area contributed by atoms with Crippen LogP contribution in [0.25, 0.3) is 0 Å². The maximum absolute atomic E-state index is 11.3. The molecule has 1 aromatic carbocycles. The zero-order valence-corrected chi connectivity index (χ0v) is 10.1. The summed E-state index contributed by atoms with van der Waals surface area (Å²) < 4.78 is 22.6. The third-order valence-electron chi connectivity index (χ3n) is 3.16. The summed E-state index contributed by atoms with van der Waals surface area (Å²) in [6.07, 6.45) is 1.18. The summed E-state index contributed by atoms with van der Waals surface area (Å²) in [7, 11) is -2.87. The van der Waals surface area contributed by atoms with Crippen molar-refractivity contribution < 1.29 is 18.3 Å². The molecule has 0 radical (unpaired) electrons. The molecule has 0 bridgehead atoms. The van der Waals surface area contributed by atoms with E-state index in [2.05, 4.69) is 0 Å². The van der Waals surface area contributed by atoms with Crippen LogP contribution >= 0.6 is 0 Å². The van der Waals surface area contributed by atoms with Crippen molar-refractivity contribution >= 4 is 15.8 Å². The van der Waals surface area contributed by atoms with Crippen LogP contribution in [-0.2, 0) is 9.84 Å². The van der Waals surface area contributed by atoms with E-state index in [1.165, 1.54) is 0 Å². The summed E-state index contributed by atoms with van der Waals surface area (Å²) in [6.45, 7) is 0. The van der Waals surface area contributed by atoms with Gasteiger partial charge < -0.3 is 5.11 Å². The van der Waals surface area contributed by atoms with Crippen LogP contribution in [0.4, 0.5) is 0 Å². The molecule has 0 saturated carbocycles. The van der Waals surface area contributed by atoms with E-state index in [1.54, 1.807) is 18.2 Å². The highest BCUT2D eigenvalue weighted by atomic mass is 32.2. The summed E-state index contributed by atoms with van der Waals surface area (Å²) in [4.78, 5) is 10.8. The lowest BCUT2D eigenvalue weighted by Gasteiger charge is -2.22. The molecule has 1 saturated heterocycles. The SMILES string of the molecule is O=C(O)c1cccc(C2CCS(=O)(=O)CC2)c1. The second kappa shape index (κ2) is 4.49. The van der Waals surface area contributed by atoms with Gasteiger partial charge in [0.2, 0.25) is 0 Å². The van der Waals surface area contributed by atoms with Gasteiger partial charge in [0.25, 0.3) is 0 Å². The Labute approximate surface area is 100 Å². The largest absolute Gasteiger partial charge is 0.478 e. The van der Waals surface area contributed by atoms with Crippen LogP contribution in [0.5, 0.6) is 0 Å². The minimum Gasteiger partial charge on any atom is -0.478 e. The minimum atomic E-state index is -2.87. The van der Waals surface area contributed by atoms with E-state index < -0.39 is 15.8 Å². The van der Waals surface area contributed by atoms with E-state index in [1.807, 2.05) is 6.07 Å². The van der Waals surface area contributed by atoms with Crippen molar-refractivity contribution in [2.45, 2.75) is 18.8 Å². The number of aromatic carboxylic acids is 1. The molecule has 1 aliphatic rings. The van der Waals surface area contributed by atoms with Crippen molar-refractivity contribution in [1.29, 1.82) is 0 Å². The van der Waals surface area contributed by atoms with Gasteiger partial charge in [0.05, 0.1) is 17.1 Å². The number of carboxylic acid groups (broad SMARTS) is 1. The molecule has 2 rings (SSSR count). The molecule has 1 aromatic rings. The van der Waals surface area contributed by atoms with Crippen LogP contribution in [0, 0.1) is 0 Å². The van der Waals surface area contributed by atoms with Crippen molar-refractivity contribution in [1.82, 2.24) is 0 Å². The average molecular weight is 254 g/mol. The summed E-state index contributed by atoms with van der Waals surface area (Å²) in [5.74, 6) is -0.377. The Bertz CT molecular complexity index is 519. The Balaban J connectivity index is 2.18. The highest BCUT2D eigenvalue weighted by Crippen LogP contribution is 2.29. The van der Waals surface area contributed by atoms with Crippen molar-refractivity contribution in [3.05, 3.63) is 35.4 Å². The second-order valence-electron chi connectivity index (χ2n) is 4.36. The lowest BCUT2D eigenvalue weighted by atomic mass is 9.92. The van der Waals surface area contributed by atoms with Gasteiger partial charge in [-0.1, -0.05) is 12.1 Å². The maximum Gasteiger partial charge on any atom is 0.335 e. The van der Waals surface area contributed by atoms with Gasteiger partial charge in [0.1, 0.15) is 9.84 Å². The van der Waals surface area contributed by atoms with Crippen LogP contribution in [0.15, 0.2) is 24.3 Å². The Hall–Kier alpha value is -1.36. The molecular formula is C12H14O4S. The predicted octanol–water partition coefficient (Wildman–Crippen LogP) is 1.68. The van der Waals surface area contributed by atoms with Gasteiger partial charge in [0.15, 0.2) is 0 Å². The Morgan fingerprint density at radius 1 is 1.24 bits per heavy atom. The van der Waals surface area contributed by atoms with Crippen LogP contribution in [0.2, 0.25) is 0 Å². The third-order valence-corrected chi connectivity index (χ3v) is 4.88. The molecule has 0 aliphatic carbocycles. The first-order valence-electron chi connectivity index (χ1n) is 5.51. The monoisotopic (exact) mass is 254 g/mol. The van der Waals surface area contributed by atoms with Crippen LogP contribution in [0.1, 0.15) is 34.7 Å². The van der Waals surface area contributed by atoms with Gasteiger partial charge in [-0.2, -0.15) is 0 Å². The van der Waals surface area contributed by atoms with Gasteiger partial charge in [-0.05, 0) is 36.5 Å². The molecule has 92 valence electrons.